The van der Waals surface area contributed by atoms with Crippen LogP contribution in [0.5, 0.6) is 5.75 Å². The summed E-state index contributed by atoms with van der Waals surface area (Å²) >= 11 is 12.0. The van der Waals surface area contributed by atoms with E-state index in [1.807, 2.05) is 6.92 Å². The van der Waals surface area contributed by atoms with E-state index in [-0.39, 0.29) is 28.4 Å². The number of guanidine groups is 2. The normalized spacial score (nSPS) is 11.4. The lowest BCUT2D eigenvalue weighted by atomic mass is 10.1. The van der Waals surface area contributed by atoms with Crippen molar-refractivity contribution in [3.8, 4) is 5.75 Å². The van der Waals surface area contributed by atoms with E-state index in [0.717, 1.165) is 0 Å². The molecule has 6 nitrogen and oxygen atoms in total. The summed E-state index contributed by atoms with van der Waals surface area (Å²) in [5.74, 6) is -0.661. The molecule has 0 atom stereocenters. The van der Waals surface area contributed by atoms with Crippen LogP contribution in [0.2, 0.25) is 10.0 Å². The van der Waals surface area contributed by atoms with E-state index in [0.29, 0.717) is 17.0 Å². The van der Waals surface area contributed by atoms with Crippen LogP contribution in [-0.4, -0.2) is 17.0 Å². The zero-order valence-electron chi connectivity index (χ0n) is 9.61. The molecule has 0 saturated carbocycles. The maximum atomic E-state index is 9.85. The quantitative estimate of drug-likeness (QED) is 0.486. The first-order chi connectivity index (χ1) is 8.36. The van der Waals surface area contributed by atoms with Crippen LogP contribution in [0.4, 0.5) is 5.69 Å². The van der Waals surface area contributed by atoms with E-state index < -0.39 is 0 Å². The van der Waals surface area contributed by atoms with Crippen molar-refractivity contribution >= 4 is 40.8 Å². The van der Waals surface area contributed by atoms with Crippen molar-refractivity contribution in [1.29, 1.82) is 0 Å². The van der Waals surface area contributed by atoms with Gasteiger partial charge >= 0.3 is 0 Å². The summed E-state index contributed by atoms with van der Waals surface area (Å²) in [5, 5.41) is 10.4. The molecule has 8 heteroatoms. The number of hydrogen-bond acceptors (Lipinski definition) is 2. The number of halogens is 2. The van der Waals surface area contributed by atoms with Crippen molar-refractivity contribution in [2.75, 3.05) is 0 Å². The second-order valence-electron chi connectivity index (χ2n) is 3.38. The molecular formula is C10H13Cl2N5O. The van der Waals surface area contributed by atoms with Crippen molar-refractivity contribution in [3.63, 3.8) is 0 Å². The number of aromatic hydroxyl groups is 1. The lowest BCUT2D eigenvalue weighted by Crippen LogP contribution is -2.26. The molecule has 0 amide bonds. The van der Waals surface area contributed by atoms with Gasteiger partial charge in [-0.2, -0.15) is 4.99 Å². The molecule has 1 rings (SSSR count). The summed E-state index contributed by atoms with van der Waals surface area (Å²) in [6, 6.07) is 1.44. The van der Waals surface area contributed by atoms with Gasteiger partial charge in [0.15, 0.2) is 11.7 Å². The summed E-state index contributed by atoms with van der Waals surface area (Å²) in [5.41, 5.74) is 16.5. The largest absolute Gasteiger partial charge is 0.504 e. The number of nitrogens with zero attached hydrogens (tertiary/aromatic N) is 2. The second-order valence-corrected chi connectivity index (χ2v) is 4.16. The molecule has 0 heterocycles. The first-order valence-corrected chi connectivity index (χ1v) is 5.76. The number of phenols is 1. The molecule has 0 saturated heterocycles. The van der Waals surface area contributed by atoms with Crippen molar-refractivity contribution < 1.29 is 5.11 Å². The molecule has 0 radical (unpaired) electrons. The van der Waals surface area contributed by atoms with Gasteiger partial charge in [0.05, 0.1) is 5.02 Å². The molecule has 7 N–H and O–H groups in total. The number of rotatable bonds is 2. The van der Waals surface area contributed by atoms with Crippen LogP contribution in [0.3, 0.4) is 0 Å². The SMILES string of the molecule is CCc1c(Cl)cc(N=C(N)N=C(N)N)c(O)c1Cl. The molecule has 0 aliphatic carbocycles. The molecule has 0 aliphatic rings. The number of benzene rings is 1. The summed E-state index contributed by atoms with van der Waals surface area (Å²) in [6.45, 7) is 1.86. The zero-order valence-corrected chi connectivity index (χ0v) is 11.1. The third-order valence-electron chi connectivity index (χ3n) is 2.10. The second kappa shape index (κ2) is 5.79. The highest BCUT2D eigenvalue weighted by Gasteiger charge is 2.14. The van der Waals surface area contributed by atoms with Gasteiger partial charge in [-0.15, -0.1) is 0 Å². The van der Waals surface area contributed by atoms with Crippen LogP contribution in [0, 0.1) is 0 Å². The van der Waals surface area contributed by atoms with Crippen molar-refractivity contribution in [2.24, 2.45) is 27.2 Å². The number of aliphatic imine (C=N–C) groups is 2. The van der Waals surface area contributed by atoms with Crippen molar-refractivity contribution in [2.45, 2.75) is 13.3 Å². The highest BCUT2D eigenvalue weighted by molar-refractivity contribution is 6.37. The molecule has 1 aromatic rings. The van der Waals surface area contributed by atoms with Gasteiger partial charge in [0.1, 0.15) is 5.69 Å². The van der Waals surface area contributed by atoms with Crippen LogP contribution in [0.1, 0.15) is 12.5 Å². The predicted octanol–water partition coefficient (Wildman–Crippen LogP) is 1.48. The Labute approximate surface area is 114 Å². The summed E-state index contributed by atoms with van der Waals surface area (Å²) < 4.78 is 0. The third-order valence-corrected chi connectivity index (χ3v) is 2.84. The molecule has 0 aromatic heterocycles. The van der Waals surface area contributed by atoms with Gasteiger partial charge in [0, 0.05) is 5.02 Å². The standard InChI is InChI=1S/C10H13Cl2N5O/c1-2-4-5(11)3-6(8(18)7(4)12)16-10(15)17-9(13)14/h3,18H,2H2,1H3,(H6,13,14,15,16,17). The van der Waals surface area contributed by atoms with Crippen molar-refractivity contribution in [1.82, 2.24) is 0 Å². The lowest BCUT2D eigenvalue weighted by molar-refractivity contribution is 0.476. The molecule has 0 aliphatic heterocycles. The van der Waals surface area contributed by atoms with Crippen LogP contribution in [0.25, 0.3) is 0 Å². The van der Waals surface area contributed by atoms with Crippen LogP contribution in [0.15, 0.2) is 16.1 Å². The minimum absolute atomic E-state index is 0.102. The van der Waals surface area contributed by atoms with E-state index >= 15 is 0 Å². The Morgan fingerprint density at radius 1 is 1.33 bits per heavy atom. The minimum Gasteiger partial charge on any atom is -0.504 e. The van der Waals surface area contributed by atoms with Gasteiger partial charge < -0.3 is 22.3 Å². The Bertz CT molecular complexity index is 523. The number of hydrogen-bond donors (Lipinski definition) is 4. The Morgan fingerprint density at radius 2 is 1.94 bits per heavy atom. The number of phenolic OH excluding ortho intramolecular Hbond substituents is 1. The molecule has 0 fully saturated rings. The molecule has 0 spiro atoms. The van der Waals surface area contributed by atoms with Crippen LogP contribution < -0.4 is 17.2 Å². The average molecular weight is 290 g/mol. The van der Waals surface area contributed by atoms with Gasteiger partial charge in [0.2, 0.25) is 5.96 Å². The molecule has 0 bridgehead atoms. The van der Waals surface area contributed by atoms with Gasteiger partial charge in [-0.25, -0.2) is 4.99 Å². The molecular weight excluding hydrogens is 277 g/mol. The van der Waals surface area contributed by atoms with Gasteiger partial charge in [-0.05, 0) is 18.1 Å². The maximum Gasteiger partial charge on any atom is 0.223 e. The van der Waals surface area contributed by atoms with Gasteiger partial charge in [-0.3, -0.25) is 0 Å². The van der Waals surface area contributed by atoms with E-state index in [9.17, 15) is 5.11 Å². The molecule has 1 aromatic carbocycles. The lowest BCUT2D eigenvalue weighted by Gasteiger charge is -2.09. The Hall–Kier alpha value is -1.66. The fraction of sp³-hybridized carbons (Fsp3) is 0.200. The van der Waals surface area contributed by atoms with Crippen molar-refractivity contribution in [3.05, 3.63) is 21.7 Å². The number of nitrogens with two attached hydrogens (primary N) is 3. The highest BCUT2D eigenvalue weighted by Crippen LogP contribution is 2.41. The highest BCUT2D eigenvalue weighted by atomic mass is 35.5. The van der Waals surface area contributed by atoms with E-state index in [1.54, 1.807) is 0 Å². The Morgan fingerprint density at radius 3 is 2.44 bits per heavy atom. The smallest absolute Gasteiger partial charge is 0.223 e. The fourth-order valence-electron chi connectivity index (χ4n) is 1.33. The molecule has 0 unspecified atom stereocenters. The van der Waals surface area contributed by atoms with E-state index in [1.165, 1.54) is 6.07 Å². The topological polar surface area (TPSA) is 123 Å². The first-order valence-electron chi connectivity index (χ1n) is 5.00. The minimum atomic E-state index is -0.238. The predicted molar refractivity (Wildman–Crippen MR) is 74.6 cm³/mol. The summed E-state index contributed by atoms with van der Waals surface area (Å²) in [4.78, 5) is 7.34. The fourth-order valence-corrected chi connectivity index (χ4v) is 2.04. The molecule has 18 heavy (non-hydrogen) atoms. The van der Waals surface area contributed by atoms with Crippen LogP contribution in [-0.2, 0) is 6.42 Å². The Balaban J connectivity index is 3.32. The van der Waals surface area contributed by atoms with Gasteiger partial charge in [-0.1, -0.05) is 30.1 Å². The first kappa shape index (κ1) is 14.4. The summed E-state index contributed by atoms with van der Waals surface area (Å²) in [7, 11) is 0. The zero-order chi connectivity index (χ0) is 13.9. The molecule has 98 valence electrons. The summed E-state index contributed by atoms with van der Waals surface area (Å²) in [6.07, 6.45) is 0.582. The maximum absolute atomic E-state index is 9.85. The van der Waals surface area contributed by atoms with Gasteiger partial charge in [0.25, 0.3) is 0 Å². The average Bonchev–Trinajstić information content (AvgIpc) is 2.25. The Kier molecular flexibility index (Phi) is 4.63. The van der Waals surface area contributed by atoms with Crippen LogP contribution >= 0.6 is 23.2 Å². The third kappa shape index (κ3) is 3.18. The van der Waals surface area contributed by atoms with E-state index in [4.69, 9.17) is 40.4 Å². The van der Waals surface area contributed by atoms with E-state index in [2.05, 4.69) is 9.98 Å². The monoisotopic (exact) mass is 289 g/mol.